The average molecular weight is 458 g/mol. The second-order valence-corrected chi connectivity index (χ2v) is 8.01. The number of pyridine rings is 1. The van der Waals surface area contributed by atoms with Gasteiger partial charge in [-0.2, -0.15) is 0 Å². The highest BCUT2D eigenvalue weighted by Crippen LogP contribution is 2.41. The molecule has 2 fully saturated rings. The number of aliphatic hydroxyl groups is 1. The lowest BCUT2D eigenvalue weighted by Gasteiger charge is -2.31. The van der Waals surface area contributed by atoms with Gasteiger partial charge in [-0.3, -0.25) is 19.5 Å². The Balaban J connectivity index is 1.76. The van der Waals surface area contributed by atoms with Gasteiger partial charge in [0.2, 0.25) is 0 Å². The first-order chi connectivity index (χ1) is 15.5. The Labute approximate surface area is 191 Å². The van der Waals surface area contributed by atoms with Crippen molar-refractivity contribution in [3.8, 4) is 5.75 Å². The number of rotatable bonds is 6. The van der Waals surface area contributed by atoms with Gasteiger partial charge in [-0.15, -0.1) is 0 Å². The first-order valence-electron chi connectivity index (χ1n) is 10.3. The normalized spacial score (nSPS) is 21.2. The Hall–Kier alpha value is -2.94. The zero-order valence-electron chi connectivity index (χ0n) is 17.7. The van der Waals surface area contributed by atoms with Crippen molar-refractivity contribution >= 4 is 29.1 Å². The molecule has 4 rings (SSSR count). The number of hydrogen-bond acceptors (Lipinski definition) is 7. The number of aromatic nitrogens is 1. The Morgan fingerprint density at radius 1 is 1.19 bits per heavy atom. The van der Waals surface area contributed by atoms with E-state index in [0.717, 1.165) is 13.1 Å². The van der Waals surface area contributed by atoms with Crippen molar-refractivity contribution in [2.24, 2.45) is 0 Å². The van der Waals surface area contributed by atoms with E-state index in [0.29, 0.717) is 42.6 Å². The van der Waals surface area contributed by atoms with Gasteiger partial charge in [-0.1, -0.05) is 11.6 Å². The molecular weight excluding hydrogens is 434 g/mol. The Morgan fingerprint density at radius 3 is 2.59 bits per heavy atom. The van der Waals surface area contributed by atoms with Crippen molar-refractivity contribution in [1.29, 1.82) is 0 Å². The fourth-order valence-corrected chi connectivity index (χ4v) is 4.26. The van der Waals surface area contributed by atoms with Gasteiger partial charge in [0.05, 0.1) is 37.5 Å². The SMILES string of the molecule is COc1ccc(Cl)cc1/C(O)=C1\C(=O)C(=O)N(CCN2CCOCC2)[C@@H]1c1ccncc1. The van der Waals surface area contributed by atoms with Crippen LogP contribution in [0.3, 0.4) is 0 Å². The minimum atomic E-state index is -0.747. The van der Waals surface area contributed by atoms with Gasteiger partial charge in [0.25, 0.3) is 11.7 Å². The number of hydrogen-bond donors (Lipinski definition) is 1. The molecule has 168 valence electrons. The number of amides is 1. The van der Waals surface area contributed by atoms with E-state index in [2.05, 4.69) is 9.88 Å². The molecule has 0 radical (unpaired) electrons. The van der Waals surface area contributed by atoms with Crippen LogP contribution in [-0.4, -0.2) is 78.1 Å². The van der Waals surface area contributed by atoms with Gasteiger partial charge in [-0.25, -0.2) is 0 Å². The van der Waals surface area contributed by atoms with Gasteiger partial charge in [0.15, 0.2) is 0 Å². The van der Waals surface area contributed by atoms with Crippen molar-refractivity contribution in [1.82, 2.24) is 14.8 Å². The fourth-order valence-electron chi connectivity index (χ4n) is 4.09. The number of carbonyl (C=O) groups excluding carboxylic acids is 2. The van der Waals surface area contributed by atoms with Crippen LogP contribution in [0.4, 0.5) is 0 Å². The molecule has 3 heterocycles. The maximum atomic E-state index is 13.1. The average Bonchev–Trinajstić information content (AvgIpc) is 3.08. The highest BCUT2D eigenvalue weighted by Gasteiger charge is 2.46. The monoisotopic (exact) mass is 457 g/mol. The molecule has 1 aromatic carbocycles. The van der Waals surface area contributed by atoms with E-state index in [1.807, 2.05) is 0 Å². The first-order valence-corrected chi connectivity index (χ1v) is 10.7. The number of morpholine rings is 1. The summed E-state index contributed by atoms with van der Waals surface area (Å²) in [4.78, 5) is 33.9. The quantitative estimate of drug-likeness (QED) is 0.404. The van der Waals surface area contributed by atoms with Crippen molar-refractivity contribution < 1.29 is 24.2 Å². The number of methoxy groups -OCH3 is 1. The Morgan fingerprint density at radius 2 is 1.91 bits per heavy atom. The summed E-state index contributed by atoms with van der Waals surface area (Å²) in [7, 11) is 1.46. The van der Waals surface area contributed by atoms with Gasteiger partial charge in [0.1, 0.15) is 11.5 Å². The van der Waals surface area contributed by atoms with Gasteiger partial charge >= 0.3 is 0 Å². The number of likely N-dealkylation sites (tertiary alicyclic amines) is 1. The zero-order valence-corrected chi connectivity index (χ0v) is 18.4. The molecule has 1 aromatic heterocycles. The number of ether oxygens (including phenoxy) is 2. The number of ketones is 1. The highest BCUT2D eigenvalue weighted by molar-refractivity contribution is 6.46. The number of halogens is 1. The summed E-state index contributed by atoms with van der Waals surface area (Å²) in [5, 5.41) is 11.6. The largest absolute Gasteiger partial charge is 0.507 e. The number of aliphatic hydroxyl groups excluding tert-OH is 1. The minimum Gasteiger partial charge on any atom is -0.507 e. The summed E-state index contributed by atoms with van der Waals surface area (Å²) in [5.74, 6) is -1.37. The lowest BCUT2D eigenvalue weighted by atomic mass is 9.95. The van der Waals surface area contributed by atoms with Crippen LogP contribution >= 0.6 is 11.6 Å². The molecule has 2 saturated heterocycles. The van der Waals surface area contributed by atoms with Gasteiger partial charge in [0, 0.05) is 43.6 Å². The number of Topliss-reactive ketones (excluding diaryl/α,β-unsaturated/α-hetero) is 1. The molecule has 0 unspecified atom stereocenters. The minimum absolute atomic E-state index is 0.00347. The summed E-state index contributed by atoms with van der Waals surface area (Å²) in [6.07, 6.45) is 3.19. The van der Waals surface area contributed by atoms with E-state index in [4.69, 9.17) is 21.1 Å². The molecule has 1 amide bonds. The molecule has 0 aliphatic carbocycles. The molecule has 1 N–H and O–H groups in total. The van der Waals surface area contributed by atoms with Crippen LogP contribution in [0, 0.1) is 0 Å². The van der Waals surface area contributed by atoms with Crippen LogP contribution in [0.5, 0.6) is 5.75 Å². The van der Waals surface area contributed by atoms with E-state index < -0.39 is 17.7 Å². The third kappa shape index (κ3) is 4.34. The van der Waals surface area contributed by atoms with Crippen molar-refractivity contribution in [3.63, 3.8) is 0 Å². The number of nitrogens with zero attached hydrogens (tertiary/aromatic N) is 3. The standard InChI is InChI=1S/C23H24ClN3O5/c1-31-18-3-2-16(24)14-17(18)21(28)19-20(15-4-6-25-7-5-15)27(23(30)22(19)29)9-8-26-10-12-32-13-11-26/h2-7,14,20,28H,8-13H2,1H3/b21-19+/t20-/m1/s1. The van der Waals surface area contributed by atoms with Gasteiger partial charge < -0.3 is 19.5 Å². The predicted molar refractivity (Wildman–Crippen MR) is 119 cm³/mol. The molecule has 1 atom stereocenters. The number of carbonyl (C=O) groups is 2. The molecule has 32 heavy (non-hydrogen) atoms. The molecule has 2 aromatic rings. The van der Waals surface area contributed by atoms with Crippen LogP contribution in [0.25, 0.3) is 5.76 Å². The third-order valence-corrected chi connectivity index (χ3v) is 5.97. The molecule has 2 aliphatic rings. The molecule has 9 heteroatoms. The van der Waals surface area contributed by atoms with Crippen LogP contribution in [0.1, 0.15) is 17.2 Å². The predicted octanol–water partition coefficient (Wildman–Crippen LogP) is 2.50. The highest BCUT2D eigenvalue weighted by atomic mass is 35.5. The topological polar surface area (TPSA) is 92.2 Å². The third-order valence-electron chi connectivity index (χ3n) is 5.74. The molecule has 8 nitrogen and oxygen atoms in total. The summed E-state index contributed by atoms with van der Waals surface area (Å²) < 4.78 is 10.7. The number of benzene rings is 1. The van der Waals surface area contributed by atoms with E-state index in [1.54, 1.807) is 36.7 Å². The summed E-state index contributed by atoms with van der Waals surface area (Å²) >= 11 is 6.13. The molecule has 0 spiro atoms. The fraction of sp³-hybridized carbons (Fsp3) is 0.348. The van der Waals surface area contributed by atoms with Crippen LogP contribution in [-0.2, 0) is 14.3 Å². The summed E-state index contributed by atoms with van der Waals surface area (Å²) in [5.41, 5.74) is 0.942. The first kappa shape index (κ1) is 22.3. The molecule has 0 saturated carbocycles. The Bertz CT molecular complexity index is 1040. The Kier molecular flexibility index (Phi) is 6.74. The van der Waals surface area contributed by atoms with Crippen molar-refractivity contribution in [2.45, 2.75) is 6.04 Å². The van der Waals surface area contributed by atoms with Crippen LogP contribution in [0.15, 0.2) is 48.3 Å². The van der Waals surface area contributed by atoms with Crippen molar-refractivity contribution in [2.75, 3.05) is 46.5 Å². The van der Waals surface area contributed by atoms with E-state index in [-0.39, 0.29) is 16.9 Å². The van der Waals surface area contributed by atoms with Crippen LogP contribution < -0.4 is 4.74 Å². The molecule has 0 bridgehead atoms. The maximum absolute atomic E-state index is 13.1. The smallest absolute Gasteiger partial charge is 0.295 e. The lowest BCUT2D eigenvalue weighted by Crippen LogP contribution is -2.42. The second kappa shape index (κ2) is 9.68. The molecule has 2 aliphatic heterocycles. The van der Waals surface area contributed by atoms with E-state index >= 15 is 0 Å². The van der Waals surface area contributed by atoms with Crippen molar-refractivity contribution in [3.05, 3.63) is 64.4 Å². The zero-order chi connectivity index (χ0) is 22.7. The maximum Gasteiger partial charge on any atom is 0.295 e. The van der Waals surface area contributed by atoms with Crippen LogP contribution in [0.2, 0.25) is 5.02 Å². The van der Waals surface area contributed by atoms with E-state index in [9.17, 15) is 14.7 Å². The molecular formula is C23H24ClN3O5. The van der Waals surface area contributed by atoms with Gasteiger partial charge in [-0.05, 0) is 35.9 Å². The summed E-state index contributed by atoms with van der Waals surface area (Å²) in [6.45, 7) is 3.75. The lowest BCUT2D eigenvalue weighted by molar-refractivity contribution is -0.140. The second-order valence-electron chi connectivity index (χ2n) is 7.57. The van der Waals surface area contributed by atoms with E-state index in [1.165, 1.54) is 18.1 Å². The summed E-state index contributed by atoms with van der Waals surface area (Å²) in [6, 6.07) is 7.47.